The molecule has 2 aliphatic heterocycles. The van der Waals surface area contributed by atoms with Gasteiger partial charge in [0.15, 0.2) is 0 Å². The molecule has 8 nitrogen and oxygen atoms in total. The van der Waals surface area contributed by atoms with Gasteiger partial charge < -0.3 is 15.8 Å². The van der Waals surface area contributed by atoms with Crippen molar-refractivity contribution in [3.8, 4) is 0 Å². The Morgan fingerprint density at radius 1 is 1.04 bits per heavy atom. The molecule has 3 N–H and O–H groups in total. The van der Waals surface area contributed by atoms with Crippen molar-refractivity contribution in [2.24, 2.45) is 11.7 Å². The summed E-state index contributed by atoms with van der Waals surface area (Å²) < 4.78 is 33.5. The first-order chi connectivity index (χ1) is 12.0. The molecule has 26 heavy (non-hydrogen) atoms. The van der Waals surface area contributed by atoms with Gasteiger partial charge in [-0.15, -0.1) is 12.4 Å². The Labute approximate surface area is 162 Å². The molecular formula is C16H31ClN4O4S. The molecule has 0 aromatic heterocycles. The number of morpholine rings is 1. The first kappa shape index (κ1) is 21.8. The third kappa shape index (κ3) is 5.30. The summed E-state index contributed by atoms with van der Waals surface area (Å²) in [6.45, 7) is 2.65. The van der Waals surface area contributed by atoms with E-state index >= 15 is 0 Å². The van der Waals surface area contributed by atoms with Gasteiger partial charge in [0.2, 0.25) is 5.91 Å². The third-order valence-electron chi connectivity index (χ3n) is 5.61. The summed E-state index contributed by atoms with van der Waals surface area (Å²) in [4.78, 5) is 12.2. The molecule has 3 fully saturated rings. The molecule has 3 rings (SSSR count). The Balaban J connectivity index is 0.00000243. The number of amides is 1. The number of piperidine rings is 1. The largest absolute Gasteiger partial charge is 0.379 e. The van der Waals surface area contributed by atoms with Gasteiger partial charge in [0.1, 0.15) is 0 Å². The predicted octanol–water partition coefficient (Wildman–Crippen LogP) is 0.0833. The quantitative estimate of drug-likeness (QED) is 0.668. The van der Waals surface area contributed by atoms with Gasteiger partial charge in [-0.3, -0.25) is 4.79 Å². The average Bonchev–Trinajstić information content (AvgIpc) is 3.01. The Kier molecular flexibility index (Phi) is 8.11. The average molecular weight is 411 g/mol. The van der Waals surface area contributed by atoms with E-state index in [9.17, 15) is 13.2 Å². The number of hydrogen-bond acceptors (Lipinski definition) is 5. The van der Waals surface area contributed by atoms with Crippen LogP contribution in [0.4, 0.5) is 0 Å². The lowest BCUT2D eigenvalue weighted by Crippen LogP contribution is -2.53. The van der Waals surface area contributed by atoms with Crippen LogP contribution < -0.4 is 11.1 Å². The minimum absolute atomic E-state index is 0. The molecular weight excluding hydrogens is 380 g/mol. The summed E-state index contributed by atoms with van der Waals surface area (Å²) in [6.07, 6.45) is 4.96. The Morgan fingerprint density at radius 2 is 1.65 bits per heavy atom. The fraction of sp³-hybridized carbons (Fsp3) is 0.938. The maximum atomic E-state index is 12.6. The number of nitrogens with zero attached hydrogens (tertiary/aromatic N) is 2. The maximum Gasteiger partial charge on any atom is 0.282 e. The molecule has 0 aromatic rings. The van der Waals surface area contributed by atoms with E-state index < -0.39 is 10.2 Å². The molecule has 0 aromatic carbocycles. The number of carbonyl (C=O) groups is 1. The van der Waals surface area contributed by atoms with Crippen LogP contribution >= 0.6 is 12.4 Å². The van der Waals surface area contributed by atoms with E-state index in [0.717, 1.165) is 19.3 Å². The van der Waals surface area contributed by atoms with Gasteiger partial charge in [-0.25, -0.2) is 0 Å². The van der Waals surface area contributed by atoms with Gasteiger partial charge >= 0.3 is 0 Å². The summed E-state index contributed by atoms with van der Waals surface area (Å²) in [7, 11) is -3.41. The summed E-state index contributed by atoms with van der Waals surface area (Å²) >= 11 is 0. The van der Waals surface area contributed by atoms with Gasteiger partial charge in [-0.1, -0.05) is 6.42 Å². The van der Waals surface area contributed by atoms with E-state index in [-0.39, 0.29) is 30.4 Å². The highest BCUT2D eigenvalue weighted by Gasteiger charge is 2.34. The highest BCUT2D eigenvalue weighted by Crippen LogP contribution is 2.27. The topological polar surface area (TPSA) is 105 Å². The molecule has 152 valence electrons. The third-order valence-corrected chi connectivity index (χ3v) is 7.64. The Morgan fingerprint density at radius 3 is 2.23 bits per heavy atom. The van der Waals surface area contributed by atoms with Crippen LogP contribution in [0.15, 0.2) is 0 Å². The van der Waals surface area contributed by atoms with Gasteiger partial charge in [0.05, 0.1) is 13.2 Å². The number of nitrogens with two attached hydrogens (primary N) is 1. The van der Waals surface area contributed by atoms with Crippen LogP contribution in [0.25, 0.3) is 0 Å². The molecule has 1 aliphatic carbocycles. The second-order valence-corrected chi connectivity index (χ2v) is 9.25. The van der Waals surface area contributed by atoms with Gasteiger partial charge in [0, 0.05) is 44.7 Å². The number of hydrogen-bond donors (Lipinski definition) is 2. The molecule has 2 saturated heterocycles. The van der Waals surface area contributed by atoms with Crippen molar-refractivity contribution in [1.29, 1.82) is 0 Å². The van der Waals surface area contributed by atoms with Crippen molar-refractivity contribution in [2.75, 3.05) is 39.4 Å². The molecule has 0 bridgehead atoms. The second-order valence-electron chi connectivity index (χ2n) is 7.32. The zero-order chi connectivity index (χ0) is 17.9. The van der Waals surface area contributed by atoms with E-state index in [1.54, 1.807) is 0 Å². The predicted molar refractivity (Wildman–Crippen MR) is 101 cm³/mol. The first-order valence-electron chi connectivity index (χ1n) is 9.35. The number of nitrogens with one attached hydrogen (secondary N) is 1. The summed E-state index contributed by atoms with van der Waals surface area (Å²) in [5.74, 6) is 0.346. The Hall–Kier alpha value is -0.450. The van der Waals surface area contributed by atoms with Crippen LogP contribution in [-0.4, -0.2) is 74.4 Å². The van der Waals surface area contributed by atoms with Gasteiger partial charge in [-0.05, 0) is 31.6 Å². The fourth-order valence-corrected chi connectivity index (χ4v) is 5.62. The number of halogens is 1. The van der Waals surface area contributed by atoms with Crippen LogP contribution in [-0.2, 0) is 19.7 Å². The normalized spacial score (nSPS) is 29.3. The van der Waals surface area contributed by atoms with E-state index in [4.69, 9.17) is 10.5 Å². The zero-order valence-electron chi connectivity index (χ0n) is 15.1. The number of ether oxygens (including phenoxy) is 1. The lowest BCUT2D eigenvalue weighted by molar-refractivity contribution is -0.123. The minimum Gasteiger partial charge on any atom is -0.379 e. The van der Waals surface area contributed by atoms with E-state index in [1.165, 1.54) is 8.61 Å². The smallest absolute Gasteiger partial charge is 0.282 e. The molecule has 1 amide bonds. The molecule has 10 heteroatoms. The summed E-state index contributed by atoms with van der Waals surface area (Å²) in [5.41, 5.74) is 6.03. The van der Waals surface area contributed by atoms with Crippen LogP contribution in [0.1, 0.15) is 38.5 Å². The van der Waals surface area contributed by atoms with Crippen molar-refractivity contribution in [2.45, 2.75) is 50.6 Å². The molecule has 0 unspecified atom stereocenters. The minimum atomic E-state index is -3.41. The van der Waals surface area contributed by atoms with Crippen LogP contribution in [0.5, 0.6) is 0 Å². The fourth-order valence-electron chi connectivity index (χ4n) is 4.02. The molecule has 2 atom stereocenters. The van der Waals surface area contributed by atoms with Crippen molar-refractivity contribution >= 4 is 28.5 Å². The van der Waals surface area contributed by atoms with Crippen molar-refractivity contribution in [3.63, 3.8) is 0 Å². The highest BCUT2D eigenvalue weighted by atomic mass is 35.5. The van der Waals surface area contributed by atoms with E-state index in [2.05, 4.69) is 5.32 Å². The number of rotatable bonds is 5. The van der Waals surface area contributed by atoms with Crippen LogP contribution in [0, 0.1) is 5.92 Å². The van der Waals surface area contributed by atoms with Crippen molar-refractivity contribution in [1.82, 2.24) is 13.9 Å². The van der Waals surface area contributed by atoms with Crippen LogP contribution in [0.2, 0.25) is 0 Å². The lowest BCUT2D eigenvalue weighted by atomic mass is 9.99. The zero-order valence-corrected chi connectivity index (χ0v) is 16.8. The van der Waals surface area contributed by atoms with Gasteiger partial charge in [-0.2, -0.15) is 17.0 Å². The highest BCUT2D eigenvalue weighted by molar-refractivity contribution is 7.86. The monoisotopic (exact) mass is 410 g/mol. The second kappa shape index (κ2) is 9.66. The van der Waals surface area contributed by atoms with Crippen LogP contribution in [0.3, 0.4) is 0 Å². The SMILES string of the molecule is Cl.N[C@@H]1CCC[C@H]1CC(=O)NC1CCN(S(=O)(=O)N2CCOCC2)CC1. The van der Waals surface area contributed by atoms with Crippen molar-refractivity contribution < 1.29 is 17.9 Å². The van der Waals surface area contributed by atoms with E-state index in [1.807, 2.05) is 0 Å². The summed E-state index contributed by atoms with van der Waals surface area (Å²) in [5, 5.41) is 3.07. The molecule has 3 aliphatic rings. The Bertz CT molecular complexity index is 563. The standard InChI is InChI=1S/C16H30N4O4S.ClH/c17-15-3-1-2-13(15)12-16(21)18-14-4-6-19(7-5-14)25(22,23)20-8-10-24-11-9-20;/h13-15H,1-12,17H2,(H,18,21);1H/t13-,15+;/m0./s1. The van der Waals surface area contributed by atoms with Gasteiger partial charge in [0.25, 0.3) is 10.2 Å². The molecule has 0 spiro atoms. The van der Waals surface area contributed by atoms with E-state index in [0.29, 0.717) is 64.6 Å². The van der Waals surface area contributed by atoms with Crippen molar-refractivity contribution in [3.05, 3.63) is 0 Å². The number of carbonyl (C=O) groups excluding carboxylic acids is 1. The molecule has 1 saturated carbocycles. The first-order valence-corrected chi connectivity index (χ1v) is 10.7. The maximum absolute atomic E-state index is 12.6. The molecule has 2 heterocycles. The summed E-state index contributed by atoms with van der Waals surface area (Å²) in [6, 6.07) is 0.201. The lowest BCUT2D eigenvalue weighted by Gasteiger charge is -2.36. The molecule has 0 radical (unpaired) electrons.